The lowest BCUT2D eigenvalue weighted by Gasteiger charge is -2.32. The number of amides is 1. The van der Waals surface area contributed by atoms with Crippen LogP contribution in [0.5, 0.6) is 17.2 Å². The highest BCUT2D eigenvalue weighted by Gasteiger charge is 2.33. The summed E-state index contributed by atoms with van der Waals surface area (Å²) in [4.78, 5) is 25.6. The predicted octanol–water partition coefficient (Wildman–Crippen LogP) is 3.54. The molecule has 1 amide bonds. The maximum atomic E-state index is 13.9. The third-order valence-electron chi connectivity index (χ3n) is 5.51. The molecule has 0 radical (unpaired) electrons. The Hall–Kier alpha value is -3.36. The van der Waals surface area contributed by atoms with Crippen LogP contribution in [0.3, 0.4) is 0 Å². The summed E-state index contributed by atoms with van der Waals surface area (Å²) in [6, 6.07) is 8.84. The number of alkyl halides is 2. The van der Waals surface area contributed by atoms with Gasteiger partial charge in [-0.25, -0.2) is 13.6 Å². The highest BCUT2D eigenvalue weighted by atomic mass is 19.1. The average molecular weight is 449 g/mol. The predicted molar refractivity (Wildman–Crippen MR) is 112 cm³/mol. The van der Waals surface area contributed by atoms with Crippen molar-refractivity contribution in [3.8, 4) is 17.2 Å². The van der Waals surface area contributed by atoms with E-state index in [1.807, 2.05) is 0 Å². The van der Waals surface area contributed by atoms with Gasteiger partial charge in [0.15, 0.2) is 0 Å². The van der Waals surface area contributed by atoms with Crippen LogP contribution in [-0.2, 0) is 4.79 Å². The van der Waals surface area contributed by atoms with Crippen LogP contribution >= 0.6 is 0 Å². The van der Waals surface area contributed by atoms with Crippen LogP contribution in [0.25, 0.3) is 0 Å². The maximum absolute atomic E-state index is 13.9. The molecule has 0 spiro atoms. The quantitative estimate of drug-likeness (QED) is 0.671. The van der Waals surface area contributed by atoms with Gasteiger partial charge in [0.2, 0.25) is 5.91 Å². The fourth-order valence-corrected chi connectivity index (χ4v) is 3.99. The maximum Gasteiger partial charge on any atom is 0.335 e. The first-order valence-electron chi connectivity index (χ1n) is 10.1. The van der Waals surface area contributed by atoms with E-state index in [1.54, 1.807) is 6.07 Å². The molecule has 1 saturated heterocycles. The SMILES string of the molecule is COc1cc(O)c(C(CC(=O)N2CC(F)CC(F)C2)c2cccc(C(=O)O)c2)c(OC)c1. The van der Waals surface area contributed by atoms with Gasteiger partial charge in [-0.2, -0.15) is 0 Å². The zero-order valence-corrected chi connectivity index (χ0v) is 17.8. The topological polar surface area (TPSA) is 96.3 Å². The number of carboxylic acid groups (broad SMARTS) is 1. The van der Waals surface area contributed by atoms with Crippen LogP contribution in [0.1, 0.15) is 40.2 Å². The Bertz CT molecular complexity index is 988. The van der Waals surface area contributed by atoms with Gasteiger partial charge in [0.25, 0.3) is 0 Å². The van der Waals surface area contributed by atoms with E-state index < -0.39 is 30.1 Å². The molecule has 3 atom stereocenters. The van der Waals surface area contributed by atoms with E-state index >= 15 is 0 Å². The summed E-state index contributed by atoms with van der Waals surface area (Å²) in [6.07, 6.45) is -3.42. The van der Waals surface area contributed by atoms with Gasteiger partial charge in [-0.1, -0.05) is 12.1 Å². The Labute approximate surface area is 184 Å². The zero-order chi connectivity index (χ0) is 23.4. The lowest BCUT2D eigenvalue weighted by molar-refractivity contribution is -0.135. The first kappa shape index (κ1) is 23.3. The fourth-order valence-electron chi connectivity index (χ4n) is 3.99. The van der Waals surface area contributed by atoms with E-state index in [0.29, 0.717) is 11.3 Å². The number of carbonyl (C=O) groups excluding carboxylic acids is 1. The number of ether oxygens (including phenoxy) is 2. The van der Waals surface area contributed by atoms with E-state index in [4.69, 9.17) is 9.47 Å². The van der Waals surface area contributed by atoms with Crippen LogP contribution in [0.2, 0.25) is 0 Å². The summed E-state index contributed by atoms with van der Waals surface area (Å²) in [7, 11) is 2.80. The van der Waals surface area contributed by atoms with Crippen LogP contribution in [0.15, 0.2) is 36.4 Å². The second-order valence-electron chi connectivity index (χ2n) is 7.68. The van der Waals surface area contributed by atoms with Crippen molar-refractivity contribution in [3.05, 3.63) is 53.1 Å². The van der Waals surface area contributed by atoms with E-state index in [1.165, 1.54) is 44.6 Å². The minimum atomic E-state index is -1.46. The molecular weight excluding hydrogens is 424 g/mol. The van der Waals surface area contributed by atoms with Crippen LogP contribution in [-0.4, -0.2) is 66.6 Å². The Kier molecular flexibility index (Phi) is 7.17. The minimum Gasteiger partial charge on any atom is -0.507 e. The third kappa shape index (κ3) is 5.09. The largest absolute Gasteiger partial charge is 0.507 e. The van der Waals surface area contributed by atoms with E-state index in [-0.39, 0.29) is 48.6 Å². The second-order valence-corrected chi connectivity index (χ2v) is 7.68. The number of rotatable bonds is 7. The molecule has 3 unspecified atom stereocenters. The monoisotopic (exact) mass is 449 g/mol. The number of hydrogen-bond acceptors (Lipinski definition) is 5. The molecule has 7 nitrogen and oxygen atoms in total. The van der Waals surface area contributed by atoms with Gasteiger partial charge >= 0.3 is 5.97 Å². The molecule has 1 fully saturated rings. The van der Waals surface area contributed by atoms with Crippen molar-refractivity contribution in [2.24, 2.45) is 0 Å². The Morgan fingerprint density at radius 3 is 2.41 bits per heavy atom. The summed E-state index contributed by atoms with van der Waals surface area (Å²) >= 11 is 0. The van der Waals surface area contributed by atoms with Crippen molar-refractivity contribution in [1.82, 2.24) is 4.90 Å². The van der Waals surface area contributed by atoms with E-state index in [9.17, 15) is 28.6 Å². The molecule has 3 rings (SSSR count). The Balaban J connectivity index is 2.06. The third-order valence-corrected chi connectivity index (χ3v) is 5.51. The molecule has 0 aliphatic carbocycles. The molecule has 2 aromatic carbocycles. The first-order chi connectivity index (χ1) is 15.2. The Morgan fingerprint density at radius 2 is 1.81 bits per heavy atom. The summed E-state index contributed by atoms with van der Waals surface area (Å²) in [5.41, 5.74) is 0.676. The van der Waals surface area contributed by atoms with Crippen molar-refractivity contribution in [3.63, 3.8) is 0 Å². The zero-order valence-electron chi connectivity index (χ0n) is 17.8. The first-order valence-corrected chi connectivity index (χ1v) is 10.1. The number of halogens is 2. The van der Waals surface area contributed by atoms with Crippen molar-refractivity contribution in [2.75, 3.05) is 27.3 Å². The number of hydrogen-bond donors (Lipinski definition) is 2. The molecule has 0 bridgehead atoms. The molecule has 9 heteroatoms. The van der Waals surface area contributed by atoms with Crippen LogP contribution < -0.4 is 9.47 Å². The van der Waals surface area contributed by atoms with Gasteiger partial charge in [0.05, 0.1) is 32.9 Å². The summed E-state index contributed by atoms with van der Waals surface area (Å²) < 4.78 is 38.3. The lowest BCUT2D eigenvalue weighted by Crippen LogP contribution is -2.46. The fraction of sp³-hybridized carbons (Fsp3) is 0.391. The summed E-state index contributed by atoms with van der Waals surface area (Å²) in [5.74, 6) is -2.17. The number of carboxylic acids is 1. The number of carbonyl (C=O) groups is 2. The molecule has 1 heterocycles. The number of piperidine rings is 1. The molecule has 2 N–H and O–H groups in total. The van der Waals surface area contributed by atoms with Gasteiger partial charge in [0.1, 0.15) is 29.6 Å². The van der Waals surface area contributed by atoms with Crippen molar-refractivity contribution in [2.45, 2.75) is 31.1 Å². The highest BCUT2D eigenvalue weighted by molar-refractivity contribution is 5.88. The smallest absolute Gasteiger partial charge is 0.335 e. The molecule has 0 saturated carbocycles. The van der Waals surface area contributed by atoms with E-state index in [2.05, 4.69) is 0 Å². The number of phenols is 1. The van der Waals surface area contributed by atoms with Crippen molar-refractivity contribution >= 4 is 11.9 Å². The molecule has 2 aromatic rings. The normalized spacial score (nSPS) is 19.3. The number of aromatic carboxylic acids is 1. The van der Waals surface area contributed by atoms with Gasteiger partial charge in [-0.3, -0.25) is 4.79 Å². The number of aromatic hydroxyl groups is 1. The standard InChI is InChI=1S/C23H25F2NO6/c1-31-17-8-19(27)22(20(9-17)32-2)18(13-4-3-5-14(6-13)23(29)30)10-21(28)26-11-15(24)7-16(25)12-26/h3-6,8-9,15-16,18,27H,7,10-12H2,1-2H3,(H,29,30). The van der Waals surface area contributed by atoms with E-state index in [0.717, 1.165) is 4.90 Å². The van der Waals surface area contributed by atoms with Gasteiger partial charge in [-0.15, -0.1) is 0 Å². The minimum absolute atomic E-state index is 0.00228. The van der Waals surface area contributed by atoms with Gasteiger partial charge in [-0.05, 0) is 17.7 Å². The molecule has 0 aromatic heterocycles. The van der Waals surface area contributed by atoms with Gasteiger partial charge < -0.3 is 24.6 Å². The number of nitrogens with zero attached hydrogens (tertiary/aromatic N) is 1. The van der Waals surface area contributed by atoms with Crippen LogP contribution in [0.4, 0.5) is 8.78 Å². The molecule has 1 aliphatic rings. The summed E-state index contributed by atoms with van der Waals surface area (Å²) in [5, 5.41) is 20.1. The molecule has 32 heavy (non-hydrogen) atoms. The van der Waals surface area contributed by atoms with Gasteiger partial charge in [0, 0.05) is 36.5 Å². The number of phenolic OH excluding ortho intramolecular Hbond substituents is 1. The molecule has 172 valence electrons. The molecular formula is C23H25F2NO6. The Morgan fingerprint density at radius 1 is 1.12 bits per heavy atom. The number of benzene rings is 2. The second kappa shape index (κ2) is 9.84. The number of methoxy groups -OCH3 is 2. The highest BCUT2D eigenvalue weighted by Crippen LogP contribution is 2.43. The molecule has 1 aliphatic heterocycles. The average Bonchev–Trinajstić information content (AvgIpc) is 2.76. The van der Waals surface area contributed by atoms with Crippen molar-refractivity contribution in [1.29, 1.82) is 0 Å². The summed E-state index contributed by atoms with van der Waals surface area (Å²) in [6.45, 7) is -0.431. The lowest BCUT2D eigenvalue weighted by atomic mass is 9.85. The van der Waals surface area contributed by atoms with Crippen molar-refractivity contribution < 1.29 is 38.1 Å². The van der Waals surface area contributed by atoms with Crippen LogP contribution in [0, 0.1) is 0 Å². The number of likely N-dealkylation sites (tertiary alicyclic amines) is 1.